The summed E-state index contributed by atoms with van der Waals surface area (Å²) < 4.78 is 12.3. The number of halogens is 1. The van der Waals surface area contributed by atoms with Crippen LogP contribution in [0.15, 0.2) is 71.2 Å². The largest absolute Gasteiger partial charge is 0.493 e. The summed E-state index contributed by atoms with van der Waals surface area (Å²) in [6.45, 7) is 2.42. The van der Waals surface area contributed by atoms with Gasteiger partial charge in [0.15, 0.2) is 18.1 Å². The summed E-state index contributed by atoms with van der Waals surface area (Å²) >= 11 is 3.43. The van der Waals surface area contributed by atoms with Crippen molar-refractivity contribution in [3.63, 3.8) is 0 Å². The normalized spacial score (nSPS) is 10.3. The second-order valence-corrected chi connectivity index (χ2v) is 7.43. The van der Waals surface area contributed by atoms with Gasteiger partial charge in [-0.15, -0.1) is 0 Å². The van der Waals surface area contributed by atoms with E-state index in [1.54, 1.807) is 7.11 Å². The highest BCUT2D eigenvalue weighted by atomic mass is 79.9. The van der Waals surface area contributed by atoms with Gasteiger partial charge in [0.25, 0.3) is 5.91 Å². The number of para-hydroxylation sites is 1. The average Bonchev–Trinajstić information content (AvgIpc) is 2.73. The Hall–Kier alpha value is -2.99. The lowest BCUT2D eigenvalue weighted by Crippen LogP contribution is -2.21. The van der Waals surface area contributed by atoms with E-state index in [-0.39, 0.29) is 12.5 Å². The van der Waals surface area contributed by atoms with Gasteiger partial charge in [-0.1, -0.05) is 45.8 Å². The maximum absolute atomic E-state index is 12.3. The maximum Gasteiger partial charge on any atom is 0.262 e. The molecule has 0 fully saturated rings. The van der Waals surface area contributed by atoms with Crippen LogP contribution in [0.5, 0.6) is 11.5 Å². The first-order valence-electron chi connectivity index (χ1n) is 9.20. The highest BCUT2D eigenvalue weighted by molar-refractivity contribution is 9.10. The Kier molecular flexibility index (Phi) is 7.14. The molecule has 0 unspecified atom stereocenters. The second-order valence-electron chi connectivity index (χ2n) is 6.51. The molecule has 0 spiro atoms. The van der Waals surface area contributed by atoms with E-state index in [1.807, 2.05) is 73.7 Å². The molecule has 150 valence electrons. The number of amides is 1. The van der Waals surface area contributed by atoms with Crippen LogP contribution in [0.4, 0.5) is 11.4 Å². The Morgan fingerprint density at radius 1 is 0.966 bits per heavy atom. The first-order valence-corrected chi connectivity index (χ1v) is 9.99. The van der Waals surface area contributed by atoms with E-state index >= 15 is 0 Å². The van der Waals surface area contributed by atoms with Gasteiger partial charge in [-0.25, -0.2) is 0 Å². The number of methoxy groups -OCH3 is 1. The van der Waals surface area contributed by atoms with Gasteiger partial charge in [0.05, 0.1) is 7.11 Å². The molecule has 0 atom stereocenters. The van der Waals surface area contributed by atoms with Crippen LogP contribution >= 0.6 is 15.9 Å². The molecule has 0 aliphatic rings. The van der Waals surface area contributed by atoms with Crippen LogP contribution < -0.4 is 20.1 Å². The Labute approximate surface area is 179 Å². The van der Waals surface area contributed by atoms with Crippen molar-refractivity contribution in [2.75, 3.05) is 24.4 Å². The third kappa shape index (κ3) is 5.99. The highest BCUT2D eigenvalue weighted by Crippen LogP contribution is 2.31. The number of anilines is 2. The van der Waals surface area contributed by atoms with Crippen molar-refractivity contribution in [1.82, 2.24) is 0 Å². The summed E-state index contributed by atoms with van der Waals surface area (Å²) in [7, 11) is 1.58. The van der Waals surface area contributed by atoms with E-state index in [0.29, 0.717) is 18.0 Å². The molecule has 3 rings (SSSR count). The van der Waals surface area contributed by atoms with Crippen LogP contribution in [0, 0.1) is 6.92 Å². The Morgan fingerprint density at radius 2 is 1.66 bits per heavy atom. The lowest BCUT2D eigenvalue weighted by atomic mass is 10.1. The number of carbonyl (C=O) groups is 1. The molecule has 1 amide bonds. The van der Waals surface area contributed by atoms with Gasteiger partial charge in [-0.3, -0.25) is 4.79 Å². The topological polar surface area (TPSA) is 59.6 Å². The summed E-state index contributed by atoms with van der Waals surface area (Å²) in [5.74, 6) is 0.911. The van der Waals surface area contributed by atoms with Crippen LogP contribution in [-0.4, -0.2) is 19.6 Å². The van der Waals surface area contributed by atoms with Gasteiger partial charge in [0, 0.05) is 28.0 Å². The molecule has 0 aromatic heterocycles. The number of carbonyl (C=O) groups excluding carboxylic acids is 1. The minimum Gasteiger partial charge on any atom is -0.493 e. The van der Waals surface area contributed by atoms with Gasteiger partial charge >= 0.3 is 0 Å². The summed E-state index contributed by atoms with van der Waals surface area (Å²) in [5, 5.41) is 6.19. The third-order valence-corrected chi connectivity index (χ3v) is 4.82. The zero-order valence-electron chi connectivity index (χ0n) is 16.4. The monoisotopic (exact) mass is 454 g/mol. The Balaban J connectivity index is 1.66. The van der Waals surface area contributed by atoms with E-state index in [1.165, 1.54) is 0 Å². The SMILES string of the molecule is COc1cccc(CNc2ccc(Br)cc2)c1OCC(=O)Nc1ccc(C)cc1. The molecule has 3 aromatic carbocycles. The maximum atomic E-state index is 12.3. The molecule has 0 heterocycles. The van der Waals surface area contributed by atoms with Crippen LogP contribution in [0.2, 0.25) is 0 Å². The van der Waals surface area contributed by atoms with Crippen LogP contribution in [-0.2, 0) is 11.3 Å². The zero-order valence-corrected chi connectivity index (χ0v) is 18.0. The van der Waals surface area contributed by atoms with Crippen LogP contribution in [0.25, 0.3) is 0 Å². The van der Waals surface area contributed by atoms with E-state index in [9.17, 15) is 4.79 Å². The van der Waals surface area contributed by atoms with E-state index in [2.05, 4.69) is 26.6 Å². The number of aryl methyl sites for hydroxylation is 1. The first-order chi connectivity index (χ1) is 14.0. The first kappa shape index (κ1) is 20.7. The number of hydrogen-bond acceptors (Lipinski definition) is 4. The smallest absolute Gasteiger partial charge is 0.262 e. The highest BCUT2D eigenvalue weighted by Gasteiger charge is 2.13. The van der Waals surface area contributed by atoms with E-state index in [4.69, 9.17) is 9.47 Å². The number of nitrogens with one attached hydrogen (secondary N) is 2. The summed E-state index contributed by atoms with van der Waals surface area (Å²) in [5.41, 5.74) is 3.76. The molecule has 0 saturated carbocycles. The minimum atomic E-state index is -0.230. The number of rotatable bonds is 8. The fourth-order valence-corrected chi connectivity index (χ4v) is 3.03. The lowest BCUT2D eigenvalue weighted by molar-refractivity contribution is -0.118. The fourth-order valence-electron chi connectivity index (χ4n) is 2.76. The number of benzene rings is 3. The quantitative estimate of drug-likeness (QED) is 0.478. The predicted octanol–water partition coefficient (Wildman–Crippen LogP) is 5.40. The van der Waals surface area contributed by atoms with Crippen molar-refractivity contribution < 1.29 is 14.3 Å². The lowest BCUT2D eigenvalue weighted by Gasteiger charge is -2.16. The molecule has 29 heavy (non-hydrogen) atoms. The van der Waals surface area contributed by atoms with Crippen molar-refractivity contribution >= 4 is 33.2 Å². The Bertz CT molecular complexity index is 957. The second kappa shape index (κ2) is 9.98. The van der Waals surface area contributed by atoms with Gasteiger partial charge < -0.3 is 20.1 Å². The van der Waals surface area contributed by atoms with E-state index in [0.717, 1.165) is 27.0 Å². The molecule has 0 bridgehead atoms. The molecular weight excluding hydrogens is 432 g/mol. The summed E-state index contributed by atoms with van der Waals surface area (Å²) in [6, 6.07) is 21.2. The van der Waals surface area contributed by atoms with Gasteiger partial charge in [0.1, 0.15) is 0 Å². The molecule has 0 saturated heterocycles. The summed E-state index contributed by atoms with van der Waals surface area (Å²) in [4.78, 5) is 12.3. The zero-order chi connectivity index (χ0) is 20.6. The summed E-state index contributed by atoms with van der Waals surface area (Å²) in [6.07, 6.45) is 0. The predicted molar refractivity (Wildman–Crippen MR) is 120 cm³/mol. The molecule has 5 nitrogen and oxygen atoms in total. The Morgan fingerprint density at radius 3 is 2.34 bits per heavy atom. The van der Waals surface area contributed by atoms with Crippen molar-refractivity contribution in [3.05, 3.63) is 82.3 Å². The molecule has 3 aromatic rings. The van der Waals surface area contributed by atoms with E-state index < -0.39 is 0 Å². The third-order valence-electron chi connectivity index (χ3n) is 4.29. The van der Waals surface area contributed by atoms with Crippen LogP contribution in [0.3, 0.4) is 0 Å². The van der Waals surface area contributed by atoms with Gasteiger partial charge in [0.2, 0.25) is 0 Å². The van der Waals surface area contributed by atoms with Crippen molar-refractivity contribution in [2.45, 2.75) is 13.5 Å². The fraction of sp³-hybridized carbons (Fsp3) is 0.174. The molecule has 2 N–H and O–H groups in total. The number of ether oxygens (including phenoxy) is 2. The average molecular weight is 455 g/mol. The van der Waals surface area contributed by atoms with Crippen LogP contribution in [0.1, 0.15) is 11.1 Å². The van der Waals surface area contributed by atoms with Crippen molar-refractivity contribution in [3.8, 4) is 11.5 Å². The molecular formula is C23H23BrN2O3. The molecule has 6 heteroatoms. The number of hydrogen-bond donors (Lipinski definition) is 2. The molecule has 0 aliphatic carbocycles. The molecule has 0 radical (unpaired) electrons. The standard InChI is InChI=1S/C23H23BrN2O3/c1-16-6-10-20(11-7-16)26-22(27)15-29-23-17(4-3-5-21(23)28-2)14-25-19-12-8-18(24)9-13-19/h3-13,25H,14-15H2,1-2H3,(H,26,27). The minimum absolute atomic E-state index is 0.112. The van der Waals surface area contributed by atoms with Crippen molar-refractivity contribution in [2.24, 2.45) is 0 Å². The molecule has 0 aliphatic heterocycles. The van der Waals surface area contributed by atoms with Gasteiger partial charge in [-0.05, 0) is 49.4 Å². The van der Waals surface area contributed by atoms with Crippen molar-refractivity contribution in [1.29, 1.82) is 0 Å². The van der Waals surface area contributed by atoms with Gasteiger partial charge in [-0.2, -0.15) is 0 Å².